The van der Waals surface area contributed by atoms with Crippen LogP contribution in [0.2, 0.25) is 0 Å². The molecule has 0 aliphatic carbocycles. The first-order valence-electron chi connectivity index (χ1n) is 11.2. The number of halogens is 3. The Morgan fingerprint density at radius 3 is 2.85 bits per heavy atom. The maximum absolute atomic E-state index is 15.7. The molecule has 5 heterocycles. The lowest BCUT2D eigenvalue weighted by molar-refractivity contribution is -0.154. The number of allylic oxidation sites excluding steroid dienone is 2. The molecular weight excluding hydrogens is 449 g/mol. The highest BCUT2D eigenvalue weighted by Gasteiger charge is 2.63. The van der Waals surface area contributed by atoms with Crippen molar-refractivity contribution in [2.75, 3.05) is 13.1 Å². The van der Waals surface area contributed by atoms with Crippen molar-refractivity contribution < 1.29 is 22.7 Å². The number of rotatable bonds is 3. The second-order valence-electron chi connectivity index (χ2n) is 8.88. The van der Waals surface area contributed by atoms with Gasteiger partial charge in [0.15, 0.2) is 17.6 Å². The fraction of sp³-hybridized carbons (Fsp3) is 0.478. The van der Waals surface area contributed by atoms with Crippen molar-refractivity contribution in [1.82, 2.24) is 19.8 Å². The number of likely N-dealkylation sites (tertiary alicyclic amines) is 1. The van der Waals surface area contributed by atoms with Crippen molar-refractivity contribution >= 4 is 18.8 Å². The molecule has 8 nitrogen and oxygen atoms in total. The van der Waals surface area contributed by atoms with E-state index in [1.165, 1.54) is 24.2 Å². The van der Waals surface area contributed by atoms with Gasteiger partial charge in [-0.2, -0.15) is 10.1 Å². The zero-order valence-corrected chi connectivity index (χ0v) is 18.9. The number of carbonyl (C=O) groups excluding carboxylic acids is 1. The normalized spacial score (nSPS) is 32.4. The molecule has 0 saturated carbocycles. The number of hydrogen-bond donors (Lipinski definition) is 0. The molecule has 3 saturated heterocycles. The number of carbonyl (C=O) groups is 1. The average molecular weight is 474 g/mol. The maximum Gasteiger partial charge on any atom is 0.260 e. The van der Waals surface area contributed by atoms with E-state index in [2.05, 4.69) is 21.8 Å². The zero-order valence-electron chi connectivity index (χ0n) is 18.9. The number of aliphatic imine (C=N–C) groups is 1. The molecule has 1 aromatic rings. The molecule has 180 valence electrons. The number of ether oxygens (including phenoxy) is 1. The molecule has 2 unspecified atom stereocenters. The van der Waals surface area contributed by atoms with Gasteiger partial charge in [-0.05, 0) is 44.4 Å². The Morgan fingerprint density at radius 2 is 2.18 bits per heavy atom. The average Bonchev–Trinajstić information content (AvgIpc) is 3.35. The molecular formula is C23H25F3N6O2. The van der Waals surface area contributed by atoms with Crippen molar-refractivity contribution in [2.45, 2.75) is 57.2 Å². The minimum Gasteiger partial charge on any atom is -0.353 e. The van der Waals surface area contributed by atoms with E-state index in [9.17, 15) is 13.6 Å². The minimum atomic E-state index is -1.64. The first-order chi connectivity index (χ1) is 16.3. The molecule has 34 heavy (non-hydrogen) atoms. The number of fused-ring (bicyclic) bond motifs is 1. The van der Waals surface area contributed by atoms with Crippen LogP contribution in [-0.2, 0) is 9.53 Å². The molecule has 1 aromatic heterocycles. The second-order valence-corrected chi connectivity index (χ2v) is 8.88. The first-order valence-corrected chi connectivity index (χ1v) is 11.2. The number of aryl methyl sites for hydroxylation is 1. The Balaban J connectivity index is 1.37. The van der Waals surface area contributed by atoms with Crippen LogP contribution < -0.4 is 0 Å². The molecule has 1 amide bonds. The maximum atomic E-state index is 15.7. The van der Waals surface area contributed by atoms with Gasteiger partial charge in [0.25, 0.3) is 5.91 Å². The molecule has 11 heteroatoms. The number of nitrogens with zero attached hydrogens (tertiary/aromatic N) is 6. The summed E-state index contributed by atoms with van der Waals surface area (Å²) in [6.07, 6.45) is 3.58. The Morgan fingerprint density at radius 1 is 1.38 bits per heavy atom. The van der Waals surface area contributed by atoms with Crippen LogP contribution in [0, 0.1) is 12.7 Å². The lowest BCUT2D eigenvalue weighted by Crippen LogP contribution is -2.59. The van der Waals surface area contributed by atoms with E-state index in [0.717, 1.165) is 0 Å². The van der Waals surface area contributed by atoms with Gasteiger partial charge in [-0.25, -0.2) is 18.2 Å². The van der Waals surface area contributed by atoms with Crippen LogP contribution in [-0.4, -0.2) is 69.7 Å². The first kappa shape index (κ1) is 22.6. The minimum absolute atomic E-state index is 0.0289. The van der Waals surface area contributed by atoms with Crippen LogP contribution in [0.1, 0.15) is 43.5 Å². The standard InChI is InChI=1S/C23H25F3N6O2/c1-13(24)21-28-8-6-19(32(21)27-3)30-9-7-23(18(26)12-30)22(33)31-17(4-5-20(31)34-23)15-10-16(25)14(2)29-11-15/h6,8,10-11,17-18,20H,3-5,7,9,12H2,1-2H3/b21-13+/t17-,18?,20+,23?/m0/s1. The lowest BCUT2D eigenvalue weighted by atomic mass is 9.88. The van der Waals surface area contributed by atoms with E-state index in [0.29, 0.717) is 24.2 Å². The topological polar surface area (TPSA) is 73.6 Å². The molecule has 4 aliphatic heterocycles. The van der Waals surface area contributed by atoms with Crippen molar-refractivity contribution in [3.63, 3.8) is 0 Å². The summed E-state index contributed by atoms with van der Waals surface area (Å²) in [7, 11) is 0. The fourth-order valence-corrected chi connectivity index (χ4v) is 5.20. The summed E-state index contributed by atoms with van der Waals surface area (Å²) in [6, 6.07) is 0.970. The second kappa shape index (κ2) is 8.23. The Kier molecular flexibility index (Phi) is 5.46. The van der Waals surface area contributed by atoms with Crippen molar-refractivity contribution in [2.24, 2.45) is 10.1 Å². The smallest absolute Gasteiger partial charge is 0.260 e. The van der Waals surface area contributed by atoms with E-state index in [4.69, 9.17) is 4.74 Å². The Bertz CT molecular complexity index is 1130. The van der Waals surface area contributed by atoms with Crippen LogP contribution in [0.25, 0.3) is 0 Å². The van der Waals surface area contributed by atoms with Crippen molar-refractivity contribution in [3.8, 4) is 0 Å². The summed E-state index contributed by atoms with van der Waals surface area (Å²) in [5.41, 5.74) is -0.755. The Labute approximate surface area is 195 Å². The summed E-state index contributed by atoms with van der Waals surface area (Å²) < 4.78 is 49.9. The third kappa shape index (κ3) is 3.32. The van der Waals surface area contributed by atoms with E-state index < -0.39 is 41.6 Å². The van der Waals surface area contributed by atoms with E-state index in [1.807, 2.05) is 0 Å². The summed E-state index contributed by atoms with van der Waals surface area (Å²) in [5.74, 6) is -1.03. The number of pyridine rings is 1. The molecule has 0 radical (unpaired) electrons. The van der Waals surface area contributed by atoms with Gasteiger partial charge < -0.3 is 14.5 Å². The molecule has 4 atom stereocenters. The largest absolute Gasteiger partial charge is 0.353 e. The van der Waals surface area contributed by atoms with Crippen LogP contribution in [0.5, 0.6) is 0 Å². The van der Waals surface area contributed by atoms with Gasteiger partial charge in [0.1, 0.15) is 23.7 Å². The highest BCUT2D eigenvalue weighted by Crippen LogP contribution is 2.48. The van der Waals surface area contributed by atoms with Gasteiger partial charge in [0, 0.05) is 32.1 Å². The predicted molar refractivity (Wildman–Crippen MR) is 118 cm³/mol. The van der Waals surface area contributed by atoms with E-state index in [-0.39, 0.29) is 31.0 Å². The highest BCUT2D eigenvalue weighted by atomic mass is 19.1. The van der Waals surface area contributed by atoms with Crippen LogP contribution in [0.15, 0.2) is 45.9 Å². The van der Waals surface area contributed by atoms with Crippen molar-refractivity contribution in [3.05, 3.63) is 52.9 Å². The van der Waals surface area contributed by atoms with E-state index >= 15 is 4.39 Å². The van der Waals surface area contributed by atoms with Crippen LogP contribution in [0.3, 0.4) is 0 Å². The number of alkyl halides is 1. The highest BCUT2D eigenvalue weighted by molar-refractivity contribution is 5.89. The number of hydrazone groups is 1. The molecule has 0 bridgehead atoms. The number of aromatic nitrogens is 1. The zero-order chi connectivity index (χ0) is 24.2. The summed E-state index contributed by atoms with van der Waals surface area (Å²) in [4.78, 5) is 24.8. The monoisotopic (exact) mass is 474 g/mol. The van der Waals surface area contributed by atoms with E-state index in [1.54, 1.807) is 29.0 Å². The molecule has 1 spiro atoms. The van der Waals surface area contributed by atoms with Crippen LogP contribution in [0.4, 0.5) is 13.2 Å². The quantitative estimate of drug-likeness (QED) is 0.629. The summed E-state index contributed by atoms with van der Waals surface area (Å²) >= 11 is 0. The third-order valence-electron chi connectivity index (χ3n) is 6.96. The number of hydrogen-bond acceptors (Lipinski definition) is 7. The molecule has 3 fully saturated rings. The van der Waals surface area contributed by atoms with Gasteiger partial charge in [-0.15, -0.1) is 0 Å². The fourth-order valence-electron chi connectivity index (χ4n) is 5.20. The SMILES string of the molecule is C=NN1C(N2CCC3(O[C@@H]4CC[C@@H](c5cnc(C)c(F)c5)N4C3=O)C(F)C2)=CC=N/C1=C(/C)F. The molecule has 5 rings (SSSR count). The Hall–Kier alpha value is -3.21. The van der Waals surface area contributed by atoms with Gasteiger partial charge in [-0.1, -0.05) is 0 Å². The van der Waals surface area contributed by atoms with Gasteiger partial charge in [0.2, 0.25) is 0 Å². The van der Waals surface area contributed by atoms with Crippen molar-refractivity contribution in [1.29, 1.82) is 0 Å². The molecule has 0 N–H and O–H groups in total. The van der Waals surface area contributed by atoms with Gasteiger partial charge in [-0.3, -0.25) is 9.78 Å². The number of amides is 1. The van der Waals surface area contributed by atoms with Gasteiger partial charge >= 0.3 is 0 Å². The summed E-state index contributed by atoms with van der Waals surface area (Å²) in [6.45, 7) is 6.43. The molecule has 4 aliphatic rings. The van der Waals surface area contributed by atoms with Crippen LogP contribution >= 0.6 is 0 Å². The third-order valence-corrected chi connectivity index (χ3v) is 6.96. The lowest BCUT2D eigenvalue weighted by Gasteiger charge is -2.43. The molecule has 0 aromatic carbocycles. The number of piperidine rings is 1. The summed E-state index contributed by atoms with van der Waals surface area (Å²) in [5, 5.41) is 5.05. The predicted octanol–water partition coefficient (Wildman–Crippen LogP) is 3.33. The van der Waals surface area contributed by atoms with Gasteiger partial charge in [0.05, 0.1) is 18.3 Å².